The number of rotatable bonds is 6. The van der Waals surface area contributed by atoms with Crippen LogP contribution in [0.25, 0.3) is 0 Å². The maximum absolute atomic E-state index is 12.0. The summed E-state index contributed by atoms with van der Waals surface area (Å²) in [6.07, 6.45) is 9.00. The van der Waals surface area contributed by atoms with E-state index >= 15 is 0 Å². The van der Waals surface area contributed by atoms with E-state index in [2.05, 4.69) is 21.2 Å². The maximum Gasteiger partial charge on any atom is 0.222 e. The first-order valence-electron chi connectivity index (χ1n) is 7.57. The van der Waals surface area contributed by atoms with Crippen LogP contribution in [0, 0.1) is 11.8 Å². The van der Waals surface area contributed by atoms with Crippen LogP contribution in [-0.2, 0) is 9.53 Å². The quantitative estimate of drug-likeness (QED) is 0.758. The standard InChI is InChI=1S/C15H26BrNO2/c1-19-15(7-4-8-15)9-14(18)17-11-13-6-3-2-5-12(13)10-16/h12-13H,2-11H2,1H3,(H,17,18). The van der Waals surface area contributed by atoms with Crippen molar-refractivity contribution in [3.8, 4) is 0 Å². The largest absolute Gasteiger partial charge is 0.378 e. The summed E-state index contributed by atoms with van der Waals surface area (Å²) in [5, 5.41) is 4.20. The normalized spacial score (nSPS) is 29.6. The van der Waals surface area contributed by atoms with Crippen molar-refractivity contribution in [2.75, 3.05) is 19.0 Å². The van der Waals surface area contributed by atoms with Crippen molar-refractivity contribution in [3.05, 3.63) is 0 Å². The third kappa shape index (κ3) is 3.94. The Balaban J connectivity index is 1.73. The van der Waals surface area contributed by atoms with Gasteiger partial charge in [0.05, 0.1) is 12.0 Å². The van der Waals surface area contributed by atoms with Crippen molar-refractivity contribution >= 4 is 21.8 Å². The summed E-state index contributed by atoms with van der Waals surface area (Å²) in [4.78, 5) is 12.0. The number of carbonyl (C=O) groups is 1. The molecule has 0 heterocycles. The van der Waals surface area contributed by atoms with Crippen molar-refractivity contribution in [1.29, 1.82) is 0 Å². The van der Waals surface area contributed by atoms with Gasteiger partial charge in [-0.15, -0.1) is 0 Å². The molecule has 0 bridgehead atoms. The van der Waals surface area contributed by atoms with Crippen molar-refractivity contribution in [2.24, 2.45) is 11.8 Å². The molecule has 0 saturated heterocycles. The predicted molar refractivity (Wildman–Crippen MR) is 80.5 cm³/mol. The summed E-state index contributed by atoms with van der Waals surface area (Å²) in [7, 11) is 1.73. The average Bonchev–Trinajstić information content (AvgIpc) is 2.41. The van der Waals surface area contributed by atoms with Crippen LogP contribution in [0.1, 0.15) is 51.4 Å². The molecule has 0 spiro atoms. The monoisotopic (exact) mass is 331 g/mol. The van der Waals surface area contributed by atoms with Crippen LogP contribution in [0.15, 0.2) is 0 Å². The molecule has 1 N–H and O–H groups in total. The van der Waals surface area contributed by atoms with E-state index in [0.29, 0.717) is 12.3 Å². The summed E-state index contributed by atoms with van der Waals surface area (Å²) >= 11 is 3.61. The van der Waals surface area contributed by atoms with Gasteiger partial charge in [0.2, 0.25) is 5.91 Å². The van der Waals surface area contributed by atoms with Crippen LogP contribution < -0.4 is 5.32 Å². The average molecular weight is 332 g/mol. The van der Waals surface area contributed by atoms with Crippen LogP contribution in [-0.4, -0.2) is 30.5 Å². The lowest BCUT2D eigenvalue weighted by Gasteiger charge is -2.40. The Labute approximate surface area is 125 Å². The zero-order valence-corrected chi connectivity index (χ0v) is 13.5. The molecule has 2 unspecified atom stereocenters. The number of ether oxygens (including phenoxy) is 1. The number of alkyl halides is 1. The first-order chi connectivity index (χ1) is 9.19. The van der Waals surface area contributed by atoms with Crippen molar-refractivity contribution in [2.45, 2.75) is 57.0 Å². The summed E-state index contributed by atoms with van der Waals surface area (Å²) in [5.74, 6) is 1.55. The number of hydrogen-bond acceptors (Lipinski definition) is 2. The molecule has 110 valence electrons. The van der Waals surface area contributed by atoms with E-state index in [4.69, 9.17) is 4.74 Å². The molecule has 2 atom stereocenters. The Morgan fingerprint density at radius 1 is 1.26 bits per heavy atom. The highest BCUT2D eigenvalue weighted by Crippen LogP contribution is 2.38. The minimum absolute atomic E-state index is 0.147. The van der Waals surface area contributed by atoms with Gasteiger partial charge in [-0.2, -0.15) is 0 Å². The maximum atomic E-state index is 12.0. The van der Waals surface area contributed by atoms with Gasteiger partial charge in [-0.05, 0) is 43.9 Å². The van der Waals surface area contributed by atoms with Crippen LogP contribution in [0.3, 0.4) is 0 Å². The highest BCUT2D eigenvalue weighted by molar-refractivity contribution is 9.09. The van der Waals surface area contributed by atoms with Crippen LogP contribution in [0.4, 0.5) is 0 Å². The molecule has 4 heteroatoms. The Hall–Kier alpha value is -0.0900. The molecule has 2 aliphatic carbocycles. The molecule has 2 rings (SSSR count). The van der Waals surface area contributed by atoms with Crippen LogP contribution >= 0.6 is 15.9 Å². The SMILES string of the molecule is COC1(CC(=O)NCC2CCCCC2CBr)CCC1. The van der Waals surface area contributed by atoms with Crippen molar-refractivity contribution in [3.63, 3.8) is 0 Å². The molecule has 0 aromatic rings. The summed E-state index contributed by atoms with van der Waals surface area (Å²) in [6, 6.07) is 0. The van der Waals surface area contributed by atoms with Gasteiger partial charge >= 0.3 is 0 Å². The number of hydrogen-bond donors (Lipinski definition) is 1. The molecule has 0 aromatic heterocycles. The topological polar surface area (TPSA) is 38.3 Å². The molecule has 2 aliphatic rings. The lowest BCUT2D eigenvalue weighted by Crippen LogP contribution is -2.45. The van der Waals surface area contributed by atoms with E-state index in [-0.39, 0.29) is 11.5 Å². The molecular weight excluding hydrogens is 306 g/mol. The highest BCUT2D eigenvalue weighted by atomic mass is 79.9. The second-order valence-corrected chi connectivity index (χ2v) is 6.83. The molecule has 19 heavy (non-hydrogen) atoms. The smallest absolute Gasteiger partial charge is 0.222 e. The van der Waals surface area contributed by atoms with E-state index in [0.717, 1.165) is 30.6 Å². The minimum Gasteiger partial charge on any atom is -0.378 e. The summed E-state index contributed by atoms with van der Waals surface area (Å²) in [6.45, 7) is 0.842. The number of nitrogens with one attached hydrogen (secondary N) is 1. The van der Waals surface area contributed by atoms with Crippen LogP contribution in [0.5, 0.6) is 0 Å². The molecule has 3 nitrogen and oxygen atoms in total. The third-order valence-electron chi connectivity index (χ3n) is 5.01. The lowest BCUT2D eigenvalue weighted by atomic mass is 9.77. The lowest BCUT2D eigenvalue weighted by molar-refractivity contribution is -0.134. The second kappa shape index (κ2) is 7.07. The van der Waals surface area contributed by atoms with E-state index in [9.17, 15) is 4.79 Å². The van der Waals surface area contributed by atoms with Gasteiger partial charge in [0, 0.05) is 19.0 Å². The van der Waals surface area contributed by atoms with Crippen LogP contribution in [0.2, 0.25) is 0 Å². The molecule has 0 aliphatic heterocycles. The Bertz CT molecular complexity index is 299. The number of carbonyl (C=O) groups excluding carboxylic acids is 1. The number of halogens is 1. The van der Waals surface area contributed by atoms with Gasteiger partial charge in [-0.1, -0.05) is 28.8 Å². The van der Waals surface area contributed by atoms with E-state index in [1.807, 2.05) is 0 Å². The molecule has 0 aromatic carbocycles. The van der Waals surface area contributed by atoms with E-state index in [1.165, 1.54) is 32.1 Å². The first-order valence-corrected chi connectivity index (χ1v) is 8.69. The summed E-state index contributed by atoms with van der Waals surface area (Å²) in [5.41, 5.74) is -0.147. The highest BCUT2D eigenvalue weighted by Gasteiger charge is 2.39. The Kier molecular flexibility index (Phi) is 5.70. The molecule has 0 radical (unpaired) electrons. The van der Waals surface area contributed by atoms with Gasteiger partial charge < -0.3 is 10.1 Å². The third-order valence-corrected chi connectivity index (χ3v) is 5.84. The van der Waals surface area contributed by atoms with Crippen molar-refractivity contribution < 1.29 is 9.53 Å². The van der Waals surface area contributed by atoms with Gasteiger partial charge in [-0.3, -0.25) is 4.79 Å². The Morgan fingerprint density at radius 2 is 1.95 bits per heavy atom. The predicted octanol–water partition coefficient (Wildman–Crippen LogP) is 3.26. The van der Waals surface area contributed by atoms with E-state index < -0.39 is 0 Å². The van der Waals surface area contributed by atoms with Gasteiger partial charge in [-0.25, -0.2) is 0 Å². The van der Waals surface area contributed by atoms with E-state index in [1.54, 1.807) is 7.11 Å². The fraction of sp³-hybridized carbons (Fsp3) is 0.933. The molecule has 2 fully saturated rings. The molecule has 2 saturated carbocycles. The van der Waals surface area contributed by atoms with Gasteiger partial charge in [0.15, 0.2) is 0 Å². The van der Waals surface area contributed by atoms with Gasteiger partial charge in [0.1, 0.15) is 0 Å². The van der Waals surface area contributed by atoms with Gasteiger partial charge in [0.25, 0.3) is 0 Å². The molecule has 1 amide bonds. The zero-order chi connectivity index (χ0) is 13.7. The zero-order valence-electron chi connectivity index (χ0n) is 11.9. The summed E-state index contributed by atoms with van der Waals surface area (Å²) < 4.78 is 5.51. The second-order valence-electron chi connectivity index (χ2n) is 6.18. The fourth-order valence-electron chi connectivity index (χ4n) is 3.38. The Morgan fingerprint density at radius 3 is 2.47 bits per heavy atom. The fourth-order valence-corrected chi connectivity index (χ4v) is 4.23. The minimum atomic E-state index is -0.147. The molecular formula is C15H26BrNO2. The first kappa shape index (κ1) is 15.3. The number of methoxy groups -OCH3 is 1. The number of amides is 1. The van der Waals surface area contributed by atoms with Crippen molar-refractivity contribution in [1.82, 2.24) is 5.32 Å².